The number of benzene rings is 6. The van der Waals surface area contributed by atoms with Gasteiger partial charge in [0.15, 0.2) is 0 Å². The molecule has 2 fully saturated rings. The Bertz CT molecular complexity index is 2220. The van der Waals surface area contributed by atoms with Crippen molar-refractivity contribution in [1.29, 1.82) is 0 Å². The molecule has 8 rings (SSSR count). The van der Waals surface area contributed by atoms with Crippen molar-refractivity contribution < 1.29 is 28.4 Å². The molecule has 0 spiro atoms. The van der Waals surface area contributed by atoms with Crippen molar-refractivity contribution in [3.63, 3.8) is 0 Å². The van der Waals surface area contributed by atoms with Gasteiger partial charge in [0.1, 0.15) is 0 Å². The monoisotopic (exact) mass is 808 g/mol. The van der Waals surface area contributed by atoms with Crippen molar-refractivity contribution in [1.82, 2.24) is 0 Å². The first-order valence-electron chi connectivity index (χ1n) is 22.6. The van der Waals surface area contributed by atoms with Crippen LogP contribution in [-0.2, 0) is 41.6 Å². The number of ether oxygens (including phenoxy) is 6. The average Bonchev–Trinajstić information content (AvgIpc) is 3.26. The summed E-state index contributed by atoms with van der Waals surface area (Å²) < 4.78 is 35.2. The minimum Gasteiger partial charge on any atom is -0.381 e. The summed E-state index contributed by atoms with van der Waals surface area (Å²) in [6.07, 6.45) is 8.70. The molecule has 2 heterocycles. The van der Waals surface area contributed by atoms with Crippen LogP contribution >= 0.6 is 0 Å². The quantitative estimate of drug-likeness (QED) is 0.0448. The van der Waals surface area contributed by atoms with Gasteiger partial charge in [0.05, 0.1) is 52.9 Å². The predicted octanol–water partition coefficient (Wildman–Crippen LogP) is 12.7. The van der Waals surface area contributed by atoms with Crippen molar-refractivity contribution in [3.8, 4) is 22.3 Å². The fraction of sp³-hybridized carbons (Fsp3) is 0.444. The number of hydrogen-bond donors (Lipinski definition) is 0. The lowest BCUT2D eigenvalue weighted by molar-refractivity contribution is -0.150. The third-order valence-electron chi connectivity index (χ3n) is 13.1. The number of hydrogen-bond acceptors (Lipinski definition) is 6. The van der Waals surface area contributed by atoms with E-state index in [1.807, 2.05) is 0 Å². The molecule has 316 valence electrons. The van der Waals surface area contributed by atoms with Gasteiger partial charge < -0.3 is 28.4 Å². The molecule has 0 radical (unpaired) electrons. The van der Waals surface area contributed by atoms with E-state index in [0.29, 0.717) is 13.2 Å². The van der Waals surface area contributed by atoms with E-state index in [9.17, 15) is 0 Å². The van der Waals surface area contributed by atoms with Gasteiger partial charge in [-0.3, -0.25) is 0 Å². The van der Waals surface area contributed by atoms with E-state index in [-0.39, 0.29) is 10.8 Å². The van der Waals surface area contributed by atoms with E-state index >= 15 is 0 Å². The van der Waals surface area contributed by atoms with E-state index in [2.05, 4.69) is 123 Å². The SMILES string of the molecule is CCC1(COCCCCCOCc2ccc(-c3c4ccccc4c(-c4ccc(COCCCCCOCC5(CC)COC5)c5ccccc45)c4ccccc34)cc2)COC1. The van der Waals surface area contributed by atoms with Crippen LogP contribution in [0.25, 0.3) is 54.6 Å². The highest BCUT2D eigenvalue weighted by Gasteiger charge is 2.37. The maximum atomic E-state index is 6.28. The molecule has 60 heavy (non-hydrogen) atoms. The molecule has 2 aliphatic rings. The van der Waals surface area contributed by atoms with Gasteiger partial charge in [-0.15, -0.1) is 0 Å². The predicted molar refractivity (Wildman–Crippen MR) is 246 cm³/mol. The average molecular weight is 809 g/mol. The summed E-state index contributed by atoms with van der Waals surface area (Å²) in [5.41, 5.74) is 7.96. The molecule has 0 saturated carbocycles. The molecule has 6 aromatic rings. The summed E-state index contributed by atoms with van der Waals surface area (Å²) in [5, 5.41) is 7.53. The fourth-order valence-corrected chi connectivity index (χ4v) is 8.88. The second-order valence-electron chi connectivity index (χ2n) is 17.4. The van der Waals surface area contributed by atoms with Gasteiger partial charge in [0.2, 0.25) is 0 Å². The van der Waals surface area contributed by atoms with Crippen molar-refractivity contribution in [2.75, 3.05) is 66.1 Å². The molecule has 0 N–H and O–H groups in total. The van der Waals surface area contributed by atoms with Crippen LogP contribution in [0.4, 0.5) is 0 Å². The largest absolute Gasteiger partial charge is 0.381 e. The van der Waals surface area contributed by atoms with Crippen LogP contribution in [-0.4, -0.2) is 66.1 Å². The summed E-state index contributed by atoms with van der Waals surface area (Å²) in [4.78, 5) is 0. The minimum atomic E-state index is 0.260. The molecule has 2 saturated heterocycles. The topological polar surface area (TPSA) is 55.4 Å². The lowest BCUT2D eigenvalue weighted by Gasteiger charge is -2.40. The summed E-state index contributed by atoms with van der Waals surface area (Å²) in [6.45, 7) is 13.8. The molecular formula is C54H64O6. The van der Waals surface area contributed by atoms with E-state index in [4.69, 9.17) is 28.4 Å². The second kappa shape index (κ2) is 20.6. The van der Waals surface area contributed by atoms with Crippen molar-refractivity contribution >= 4 is 32.3 Å². The van der Waals surface area contributed by atoms with E-state index in [1.54, 1.807) is 0 Å². The molecule has 6 nitrogen and oxygen atoms in total. The van der Waals surface area contributed by atoms with Crippen LogP contribution < -0.4 is 0 Å². The third kappa shape index (κ3) is 9.81. The van der Waals surface area contributed by atoms with E-state index in [1.165, 1.54) is 65.7 Å². The standard InChI is InChI=1S/C54H64O6/c1-3-53(37-59-38-53)35-57-31-15-5-13-29-55-33-41-23-25-42(26-24-41)51-46-19-9-11-21-48(46)52(49-22-12-10-20-47(49)51)50-28-27-43(44-17-7-8-18-45(44)50)34-56-30-14-6-16-32-58-36-54(4-2)39-60-40-54/h7-12,17-28H,3-6,13-16,29-40H2,1-2H3. The zero-order chi connectivity index (χ0) is 41.0. The molecule has 6 aromatic carbocycles. The molecule has 0 unspecified atom stereocenters. The summed E-state index contributed by atoms with van der Waals surface area (Å²) in [5.74, 6) is 0. The van der Waals surface area contributed by atoms with Crippen LogP contribution in [0.3, 0.4) is 0 Å². The second-order valence-corrected chi connectivity index (χ2v) is 17.4. The Morgan fingerprint density at radius 3 is 1.37 bits per heavy atom. The molecule has 0 aliphatic carbocycles. The lowest BCUT2D eigenvalue weighted by atomic mass is 9.84. The molecule has 0 atom stereocenters. The Balaban J connectivity index is 0.909. The van der Waals surface area contributed by atoms with E-state index < -0.39 is 0 Å². The highest BCUT2D eigenvalue weighted by atomic mass is 16.5. The Kier molecular flexibility index (Phi) is 14.6. The molecule has 2 aliphatic heterocycles. The Labute approximate surface area is 357 Å². The lowest BCUT2D eigenvalue weighted by Crippen LogP contribution is -2.45. The highest BCUT2D eigenvalue weighted by molar-refractivity contribution is 6.23. The Morgan fingerprint density at radius 1 is 0.433 bits per heavy atom. The van der Waals surface area contributed by atoms with Crippen LogP contribution in [0.5, 0.6) is 0 Å². The highest BCUT2D eigenvalue weighted by Crippen LogP contribution is 2.45. The molecule has 0 aromatic heterocycles. The molecule has 0 amide bonds. The first-order chi connectivity index (χ1) is 29.6. The first kappa shape index (κ1) is 42.5. The zero-order valence-electron chi connectivity index (χ0n) is 36.0. The van der Waals surface area contributed by atoms with E-state index in [0.717, 1.165) is 117 Å². The Hall–Kier alpha value is -4.14. The van der Waals surface area contributed by atoms with Gasteiger partial charge in [-0.05, 0) is 117 Å². The summed E-state index contributed by atoms with van der Waals surface area (Å²) in [7, 11) is 0. The maximum Gasteiger partial charge on any atom is 0.0722 e. The van der Waals surface area contributed by atoms with Crippen molar-refractivity contribution in [2.24, 2.45) is 10.8 Å². The molecular weight excluding hydrogens is 745 g/mol. The minimum absolute atomic E-state index is 0.260. The van der Waals surface area contributed by atoms with Crippen LogP contribution in [0.15, 0.2) is 109 Å². The van der Waals surface area contributed by atoms with Crippen LogP contribution in [0.2, 0.25) is 0 Å². The van der Waals surface area contributed by atoms with Gasteiger partial charge in [-0.2, -0.15) is 0 Å². The molecule has 6 heteroatoms. The molecule has 0 bridgehead atoms. The first-order valence-corrected chi connectivity index (χ1v) is 22.6. The van der Waals surface area contributed by atoms with Gasteiger partial charge in [0.25, 0.3) is 0 Å². The summed E-state index contributed by atoms with van der Waals surface area (Å²) >= 11 is 0. The third-order valence-corrected chi connectivity index (χ3v) is 13.1. The normalized spacial score (nSPS) is 15.7. The summed E-state index contributed by atoms with van der Waals surface area (Å²) in [6, 6.07) is 40.3. The van der Waals surface area contributed by atoms with Gasteiger partial charge in [-0.1, -0.05) is 123 Å². The zero-order valence-corrected chi connectivity index (χ0v) is 36.0. The maximum absolute atomic E-state index is 6.28. The van der Waals surface area contributed by atoms with Crippen molar-refractivity contribution in [3.05, 3.63) is 120 Å². The Morgan fingerprint density at radius 2 is 0.883 bits per heavy atom. The number of rotatable bonds is 24. The van der Waals surface area contributed by atoms with Gasteiger partial charge >= 0.3 is 0 Å². The number of fused-ring (bicyclic) bond motifs is 3. The number of unbranched alkanes of at least 4 members (excludes halogenated alkanes) is 4. The van der Waals surface area contributed by atoms with Gasteiger partial charge in [0, 0.05) is 37.3 Å². The van der Waals surface area contributed by atoms with Gasteiger partial charge in [-0.25, -0.2) is 0 Å². The smallest absolute Gasteiger partial charge is 0.0722 e. The van der Waals surface area contributed by atoms with Crippen LogP contribution in [0.1, 0.15) is 76.3 Å². The van der Waals surface area contributed by atoms with Crippen LogP contribution in [0, 0.1) is 10.8 Å². The fourth-order valence-electron chi connectivity index (χ4n) is 8.88. The van der Waals surface area contributed by atoms with Crippen molar-refractivity contribution in [2.45, 2.75) is 78.4 Å².